The van der Waals surface area contributed by atoms with E-state index in [1.165, 1.54) is 6.08 Å². The van der Waals surface area contributed by atoms with Gasteiger partial charge in [0.2, 0.25) is 0 Å². The van der Waals surface area contributed by atoms with Crippen LogP contribution in [0.5, 0.6) is 0 Å². The number of H-pyrrole nitrogens is 1. The van der Waals surface area contributed by atoms with E-state index in [1.807, 2.05) is 30.3 Å². The molecule has 1 aromatic heterocycles. The van der Waals surface area contributed by atoms with Gasteiger partial charge in [0.15, 0.2) is 0 Å². The van der Waals surface area contributed by atoms with E-state index >= 15 is 0 Å². The Balaban J connectivity index is 2.07. The molecule has 0 radical (unpaired) electrons. The lowest BCUT2D eigenvalue weighted by molar-refractivity contribution is -0.137. The summed E-state index contributed by atoms with van der Waals surface area (Å²) in [6, 6.07) is 7.67. The molecule has 4 heteroatoms. The maximum Gasteiger partial charge on any atom is 0.330 e. The Labute approximate surface area is 116 Å². The van der Waals surface area contributed by atoms with Crippen molar-refractivity contribution in [3.63, 3.8) is 0 Å². The number of nitrogens with one attached hydrogen (secondary N) is 1. The SMILES string of the molecule is CCOC(=O)/C=C\C=C\c1cc2cc(Cl)ccc2[nH]1. The number of allylic oxidation sites excluding steroid dienone is 2. The fraction of sp³-hybridized carbons (Fsp3) is 0.133. The molecule has 0 amide bonds. The summed E-state index contributed by atoms with van der Waals surface area (Å²) >= 11 is 5.92. The summed E-state index contributed by atoms with van der Waals surface area (Å²) in [5.74, 6) is -0.337. The third-order valence-electron chi connectivity index (χ3n) is 2.51. The second kappa shape index (κ2) is 6.25. The van der Waals surface area contributed by atoms with Crippen LogP contribution in [0.2, 0.25) is 5.02 Å². The van der Waals surface area contributed by atoms with Gasteiger partial charge in [-0.25, -0.2) is 4.79 Å². The van der Waals surface area contributed by atoms with Crippen molar-refractivity contribution in [2.75, 3.05) is 6.61 Å². The van der Waals surface area contributed by atoms with E-state index in [9.17, 15) is 4.79 Å². The molecule has 0 aliphatic carbocycles. The molecule has 19 heavy (non-hydrogen) atoms. The quantitative estimate of drug-likeness (QED) is 0.521. The van der Waals surface area contributed by atoms with Crippen LogP contribution in [0.15, 0.2) is 42.5 Å². The number of ether oxygens (including phenoxy) is 1. The summed E-state index contributed by atoms with van der Waals surface area (Å²) in [5.41, 5.74) is 1.98. The Morgan fingerprint density at radius 1 is 1.37 bits per heavy atom. The van der Waals surface area contributed by atoms with Crippen LogP contribution in [-0.2, 0) is 9.53 Å². The molecule has 0 atom stereocenters. The molecule has 0 saturated heterocycles. The Kier molecular flexibility index (Phi) is 4.42. The smallest absolute Gasteiger partial charge is 0.330 e. The highest BCUT2D eigenvalue weighted by Crippen LogP contribution is 2.20. The van der Waals surface area contributed by atoms with Gasteiger partial charge in [0.1, 0.15) is 0 Å². The Morgan fingerprint density at radius 2 is 2.21 bits per heavy atom. The van der Waals surface area contributed by atoms with Gasteiger partial charge < -0.3 is 9.72 Å². The lowest BCUT2D eigenvalue weighted by Gasteiger charge is -1.92. The van der Waals surface area contributed by atoms with Crippen LogP contribution in [0, 0.1) is 0 Å². The molecule has 0 aliphatic rings. The molecule has 1 heterocycles. The molecule has 0 spiro atoms. The van der Waals surface area contributed by atoms with Crippen LogP contribution in [-0.4, -0.2) is 17.6 Å². The molecule has 0 aliphatic heterocycles. The molecule has 0 saturated carbocycles. The monoisotopic (exact) mass is 275 g/mol. The molecular formula is C15H14ClNO2. The molecule has 2 rings (SSSR count). The molecule has 98 valence electrons. The maximum absolute atomic E-state index is 11.1. The van der Waals surface area contributed by atoms with Crippen LogP contribution in [0.3, 0.4) is 0 Å². The van der Waals surface area contributed by atoms with E-state index < -0.39 is 0 Å². The van der Waals surface area contributed by atoms with Crippen LogP contribution < -0.4 is 0 Å². The van der Waals surface area contributed by atoms with Crippen molar-refractivity contribution in [1.82, 2.24) is 4.98 Å². The van der Waals surface area contributed by atoms with Gasteiger partial charge in [-0.15, -0.1) is 0 Å². The van der Waals surface area contributed by atoms with Crippen molar-refractivity contribution in [1.29, 1.82) is 0 Å². The number of aromatic nitrogens is 1. The van der Waals surface area contributed by atoms with Gasteiger partial charge in [0, 0.05) is 27.7 Å². The Bertz CT molecular complexity index is 641. The highest BCUT2D eigenvalue weighted by atomic mass is 35.5. The standard InChI is InChI=1S/C15H14ClNO2/c1-2-19-15(18)6-4-3-5-13-10-11-9-12(16)7-8-14(11)17-13/h3-10,17H,2H2,1H3/b5-3+,6-4-. The third-order valence-corrected chi connectivity index (χ3v) is 2.74. The highest BCUT2D eigenvalue weighted by molar-refractivity contribution is 6.31. The minimum Gasteiger partial charge on any atom is -0.463 e. The number of rotatable bonds is 4. The number of halogens is 1. The average molecular weight is 276 g/mol. The normalized spacial score (nSPS) is 11.7. The number of hydrogen-bond donors (Lipinski definition) is 1. The average Bonchev–Trinajstić information content (AvgIpc) is 2.77. The van der Waals surface area contributed by atoms with E-state index in [0.29, 0.717) is 11.6 Å². The minimum absolute atomic E-state index is 0.337. The number of aromatic amines is 1. The summed E-state index contributed by atoms with van der Waals surface area (Å²) in [6.45, 7) is 2.16. The third kappa shape index (κ3) is 3.73. The number of hydrogen-bond acceptors (Lipinski definition) is 2. The van der Waals surface area contributed by atoms with Gasteiger partial charge in [-0.2, -0.15) is 0 Å². The molecule has 0 unspecified atom stereocenters. The van der Waals surface area contributed by atoms with Crippen molar-refractivity contribution >= 4 is 34.5 Å². The molecular weight excluding hydrogens is 262 g/mol. The van der Waals surface area contributed by atoms with Crippen LogP contribution >= 0.6 is 11.6 Å². The first-order chi connectivity index (χ1) is 9.19. The second-order valence-electron chi connectivity index (χ2n) is 3.93. The molecule has 0 fully saturated rings. The second-order valence-corrected chi connectivity index (χ2v) is 4.36. The van der Waals surface area contributed by atoms with Gasteiger partial charge in [0.25, 0.3) is 0 Å². The van der Waals surface area contributed by atoms with Crippen molar-refractivity contribution in [2.24, 2.45) is 0 Å². The summed E-state index contributed by atoms with van der Waals surface area (Å²) in [7, 11) is 0. The van der Waals surface area contributed by atoms with Crippen molar-refractivity contribution in [3.05, 3.63) is 53.2 Å². The van der Waals surface area contributed by atoms with E-state index in [-0.39, 0.29) is 5.97 Å². The fourth-order valence-electron chi connectivity index (χ4n) is 1.70. The number of carbonyl (C=O) groups is 1. The first kappa shape index (κ1) is 13.4. The number of fused-ring (bicyclic) bond motifs is 1. The largest absolute Gasteiger partial charge is 0.463 e. The summed E-state index contributed by atoms with van der Waals surface area (Å²) < 4.78 is 4.77. The Hall–Kier alpha value is -2.00. The van der Waals surface area contributed by atoms with E-state index in [0.717, 1.165) is 16.6 Å². The summed E-state index contributed by atoms with van der Waals surface area (Å²) in [4.78, 5) is 14.3. The molecule has 1 N–H and O–H groups in total. The predicted molar refractivity (Wildman–Crippen MR) is 78.1 cm³/mol. The van der Waals surface area contributed by atoms with Gasteiger partial charge in [-0.3, -0.25) is 0 Å². The van der Waals surface area contributed by atoms with Gasteiger partial charge in [-0.1, -0.05) is 23.8 Å². The van der Waals surface area contributed by atoms with E-state index in [2.05, 4.69) is 4.98 Å². The van der Waals surface area contributed by atoms with Gasteiger partial charge in [0.05, 0.1) is 6.61 Å². The highest BCUT2D eigenvalue weighted by Gasteiger charge is 1.98. The first-order valence-corrected chi connectivity index (χ1v) is 6.36. The predicted octanol–water partition coefficient (Wildman–Crippen LogP) is 3.95. The van der Waals surface area contributed by atoms with Crippen molar-refractivity contribution in [2.45, 2.75) is 6.92 Å². The number of carbonyl (C=O) groups excluding carboxylic acids is 1. The first-order valence-electron chi connectivity index (χ1n) is 5.99. The van der Waals surface area contributed by atoms with Gasteiger partial charge in [-0.05, 0) is 37.3 Å². The fourth-order valence-corrected chi connectivity index (χ4v) is 1.88. The van der Waals surface area contributed by atoms with E-state index in [4.69, 9.17) is 16.3 Å². The van der Waals surface area contributed by atoms with Crippen LogP contribution in [0.25, 0.3) is 17.0 Å². The van der Waals surface area contributed by atoms with Crippen LogP contribution in [0.4, 0.5) is 0 Å². The number of esters is 1. The maximum atomic E-state index is 11.1. The molecule has 1 aromatic carbocycles. The topological polar surface area (TPSA) is 42.1 Å². The summed E-state index contributed by atoms with van der Waals surface area (Å²) in [5, 5.41) is 1.77. The lowest BCUT2D eigenvalue weighted by atomic mass is 10.2. The van der Waals surface area contributed by atoms with E-state index in [1.54, 1.807) is 19.1 Å². The van der Waals surface area contributed by atoms with Crippen molar-refractivity contribution < 1.29 is 9.53 Å². The van der Waals surface area contributed by atoms with Crippen molar-refractivity contribution in [3.8, 4) is 0 Å². The Morgan fingerprint density at radius 3 is 3.00 bits per heavy atom. The number of benzene rings is 1. The molecule has 3 nitrogen and oxygen atoms in total. The van der Waals surface area contributed by atoms with Gasteiger partial charge >= 0.3 is 5.97 Å². The lowest BCUT2D eigenvalue weighted by Crippen LogP contribution is -1.98. The minimum atomic E-state index is -0.337. The summed E-state index contributed by atoms with van der Waals surface area (Å²) in [6.07, 6.45) is 6.70. The zero-order chi connectivity index (χ0) is 13.7. The zero-order valence-corrected chi connectivity index (χ0v) is 11.3. The molecule has 0 bridgehead atoms. The zero-order valence-electron chi connectivity index (χ0n) is 10.5. The van der Waals surface area contributed by atoms with Crippen LogP contribution in [0.1, 0.15) is 12.6 Å². The molecule has 2 aromatic rings.